The fraction of sp³-hybridized carbons (Fsp3) is 0.364. The predicted molar refractivity (Wildman–Crippen MR) is 108 cm³/mol. The number of hydrogen-bond donors (Lipinski definition) is 1. The molecule has 150 valence electrons. The lowest BCUT2D eigenvalue weighted by atomic mass is 10.1. The van der Waals surface area contributed by atoms with Gasteiger partial charge in [-0.3, -0.25) is 9.59 Å². The van der Waals surface area contributed by atoms with E-state index in [0.29, 0.717) is 23.6 Å². The van der Waals surface area contributed by atoms with Crippen LogP contribution in [0.1, 0.15) is 30.0 Å². The Bertz CT molecular complexity index is 847. The van der Waals surface area contributed by atoms with Crippen molar-refractivity contribution in [2.24, 2.45) is 0 Å². The summed E-state index contributed by atoms with van der Waals surface area (Å²) >= 11 is 0. The van der Waals surface area contributed by atoms with E-state index in [4.69, 9.17) is 14.2 Å². The zero-order chi connectivity index (χ0) is 20.7. The summed E-state index contributed by atoms with van der Waals surface area (Å²) in [4.78, 5) is 24.5. The maximum Gasteiger partial charge on any atom is 0.306 e. The summed E-state index contributed by atoms with van der Waals surface area (Å²) in [7, 11) is 3.12. The number of esters is 1. The third-order valence-corrected chi connectivity index (χ3v) is 4.40. The van der Waals surface area contributed by atoms with Gasteiger partial charge in [-0.25, -0.2) is 0 Å². The van der Waals surface area contributed by atoms with Crippen molar-refractivity contribution in [1.82, 2.24) is 0 Å². The van der Waals surface area contributed by atoms with Crippen LogP contribution in [0.25, 0.3) is 0 Å². The standard InChI is InChI=1S/C22H27NO5/c1-14-9-11-18(15(2)13-14)23-22(25)16(3)28-20(24)12-10-17-7-6-8-19(26-4)21(17)27-5/h6-9,11,13,16H,10,12H2,1-5H3,(H,23,25)/t16-/m0/s1. The number of methoxy groups -OCH3 is 2. The van der Waals surface area contributed by atoms with Crippen LogP contribution in [-0.2, 0) is 20.7 Å². The van der Waals surface area contributed by atoms with Crippen molar-refractivity contribution >= 4 is 17.6 Å². The molecule has 28 heavy (non-hydrogen) atoms. The summed E-state index contributed by atoms with van der Waals surface area (Å²) < 4.78 is 15.9. The molecule has 6 nitrogen and oxygen atoms in total. The number of aryl methyl sites for hydroxylation is 3. The minimum atomic E-state index is -0.889. The second-order valence-electron chi connectivity index (χ2n) is 6.59. The van der Waals surface area contributed by atoms with E-state index >= 15 is 0 Å². The molecule has 0 fully saturated rings. The van der Waals surface area contributed by atoms with Crippen LogP contribution in [-0.4, -0.2) is 32.2 Å². The molecule has 0 saturated heterocycles. The van der Waals surface area contributed by atoms with Gasteiger partial charge in [0.1, 0.15) is 0 Å². The van der Waals surface area contributed by atoms with Gasteiger partial charge in [0.15, 0.2) is 17.6 Å². The lowest BCUT2D eigenvalue weighted by Crippen LogP contribution is -2.30. The molecule has 1 atom stereocenters. The Balaban J connectivity index is 1.91. The summed E-state index contributed by atoms with van der Waals surface area (Å²) in [6.07, 6.45) is -0.338. The number of para-hydroxylation sites is 1. The van der Waals surface area contributed by atoms with E-state index in [0.717, 1.165) is 16.7 Å². The van der Waals surface area contributed by atoms with Crippen molar-refractivity contribution in [3.63, 3.8) is 0 Å². The van der Waals surface area contributed by atoms with Crippen molar-refractivity contribution in [3.05, 3.63) is 53.1 Å². The summed E-state index contributed by atoms with van der Waals surface area (Å²) in [6.45, 7) is 5.46. The predicted octanol–water partition coefficient (Wildman–Crippen LogP) is 3.82. The second-order valence-corrected chi connectivity index (χ2v) is 6.59. The van der Waals surface area contributed by atoms with E-state index in [9.17, 15) is 9.59 Å². The summed E-state index contributed by atoms with van der Waals surface area (Å²) in [6, 6.07) is 11.2. The molecule has 0 aromatic heterocycles. The van der Waals surface area contributed by atoms with Crippen LogP contribution in [0.5, 0.6) is 11.5 Å². The molecule has 0 bridgehead atoms. The summed E-state index contributed by atoms with van der Waals surface area (Å²) in [5.74, 6) is 0.389. The molecule has 0 heterocycles. The summed E-state index contributed by atoms with van der Waals surface area (Å²) in [5, 5.41) is 2.80. The maximum atomic E-state index is 12.3. The molecule has 1 N–H and O–H groups in total. The van der Waals surface area contributed by atoms with Crippen LogP contribution >= 0.6 is 0 Å². The molecule has 0 aliphatic rings. The quantitative estimate of drug-likeness (QED) is 0.699. The topological polar surface area (TPSA) is 73.9 Å². The molecular weight excluding hydrogens is 358 g/mol. The van der Waals surface area contributed by atoms with Crippen molar-refractivity contribution in [2.75, 3.05) is 19.5 Å². The zero-order valence-electron chi connectivity index (χ0n) is 17.0. The molecule has 0 unspecified atom stereocenters. The number of carbonyl (C=O) groups is 2. The van der Waals surface area contributed by atoms with Crippen LogP contribution in [0.15, 0.2) is 36.4 Å². The number of hydrogen-bond acceptors (Lipinski definition) is 5. The van der Waals surface area contributed by atoms with E-state index in [2.05, 4.69) is 5.32 Å². The average molecular weight is 385 g/mol. The highest BCUT2D eigenvalue weighted by atomic mass is 16.5. The van der Waals surface area contributed by atoms with Gasteiger partial charge >= 0.3 is 5.97 Å². The van der Waals surface area contributed by atoms with Gasteiger partial charge in [-0.1, -0.05) is 29.8 Å². The van der Waals surface area contributed by atoms with Crippen LogP contribution in [0.4, 0.5) is 5.69 Å². The molecule has 2 aromatic carbocycles. The lowest BCUT2D eigenvalue weighted by Gasteiger charge is -2.16. The first-order valence-corrected chi connectivity index (χ1v) is 9.13. The van der Waals surface area contributed by atoms with Gasteiger partial charge in [-0.2, -0.15) is 0 Å². The third-order valence-electron chi connectivity index (χ3n) is 4.40. The van der Waals surface area contributed by atoms with E-state index in [-0.39, 0.29) is 12.3 Å². The zero-order valence-corrected chi connectivity index (χ0v) is 17.0. The highest BCUT2D eigenvalue weighted by Gasteiger charge is 2.19. The number of rotatable bonds is 8. The van der Waals surface area contributed by atoms with E-state index in [1.165, 1.54) is 0 Å². The van der Waals surface area contributed by atoms with Gasteiger partial charge in [0.05, 0.1) is 14.2 Å². The monoisotopic (exact) mass is 385 g/mol. The Morgan fingerprint density at radius 1 is 1.07 bits per heavy atom. The maximum absolute atomic E-state index is 12.3. The fourth-order valence-electron chi connectivity index (χ4n) is 2.89. The van der Waals surface area contributed by atoms with Crippen LogP contribution in [0, 0.1) is 13.8 Å². The number of nitrogens with one attached hydrogen (secondary N) is 1. The fourth-order valence-corrected chi connectivity index (χ4v) is 2.89. The molecule has 6 heteroatoms. The number of ether oxygens (including phenoxy) is 3. The molecular formula is C22H27NO5. The van der Waals surface area contributed by atoms with Gasteiger partial charge in [0.25, 0.3) is 5.91 Å². The molecule has 0 spiro atoms. The first kappa shape index (κ1) is 21.3. The molecule has 2 rings (SSSR count). The number of carbonyl (C=O) groups excluding carboxylic acids is 2. The minimum Gasteiger partial charge on any atom is -0.493 e. The van der Waals surface area contributed by atoms with E-state index in [1.807, 2.05) is 44.2 Å². The Labute approximate surface area is 165 Å². The molecule has 0 radical (unpaired) electrons. The van der Waals surface area contributed by atoms with E-state index in [1.54, 1.807) is 27.2 Å². The van der Waals surface area contributed by atoms with Gasteiger partial charge < -0.3 is 19.5 Å². The van der Waals surface area contributed by atoms with Crippen molar-refractivity contribution < 1.29 is 23.8 Å². The summed E-state index contributed by atoms with van der Waals surface area (Å²) in [5.41, 5.74) is 3.62. The van der Waals surface area contributed by atoms with Gasteiger partial charge in [-0.05, 0) is 50.5 Å². The second kappa shape index (κ2) is 9.78. The SMILES string of the molecule is COc1cccc(CCC(=O)O[C@@H](C)C(=O)Nc2ccc(C)cc2C)c1OC. The van der Waals surface area contributed by atoms with Gasteiger partial charge in [0.2, 0.25) is 0 Å². The van der Waals surface area contributed by atoms with Crippen LogP contribution < -0.4 is 14.8 Å². The lowest BCUT2D eigenvalue weighted by molar-refractivity contribution is -0.153. The highest BCUT2D eigenvalue weighted by Crippen LogP contribution is 2.31. The van der Waals surface area contributed by atoms with E-state index < -0.39 is 12.1 Å². The van der Waals surface area contributed by atoms with Crippen molar-refractivity contribution in [3.8, 4) is 11.5 Å². The van der Waals surface area contributed by atoms with Gasteiger partial charge in [-0.15, -0.1) is 0 Å². The molecule has 1 amide bonds. The van der Waals surface area contributed by atoms with Crippen LogP contribution in [0.2, 0.25) is 0 Å². The first-order chi connectivity index (χ1) is 13.3. The Hall–Kier alpha value is -3.02. The molecule has 0 saturated carbocycles. The van der Waals surface area contributed by atoms with Gasteiger partial charge in [0, 0.05) is 12.1 Å². The third kappa shape index (κ3) is 5.49. The van der Waals surface area contributed by atoms with Crippen LogP contribution in [0.3, 0.4) is 0 Å². The minimum absolute atomic E-state index is 0.130. The Morgan fingerprint density at radius 2 is 1.82 bits per heavy atom. The molecule has 0 aliphatic carbocycles. The highest BCUT2D eigenvalue weighted by molar-refractivity contribution is 5.95. The van der Waals surface area contributed by atoms with Crippen molar-refractivity contribution in [1.29, 1.82) is 0 Å². The average Bonchev–Trinajstić information content (AvgIpc) is 2.67. The molecule has 0 aliphatic heterocycles. The number of benzene rings is 2. The Morgan fingerprint density at radius 3 is 2.46 bits per heavy atom. The normalized spacial score (nSPS) is 11.5. The Kier molecular flexibility index (Phi) is 7.44. The van der Waals surface area contributed by atoms with Crippen molar-refractivity contribution in [2.45, 2.75) is 39.7 Å². The number of amides is 1. The number of anilines is 1. The first-order valence-electron chi connectivity index (χ1n) is 9.13. The largest absolute Gasteiger partial charge is 0.493 e. The smallest absolute Gasteiger partial charge is 0.306 e. The molecule has 2 aromatic rings.